The van der Waals surface area contributed by atoms with Crippen LogP contribution in [0.2, 0.25) is 5.02 Å². The van der Waals surface area contributed by atoms with Crippen LogP contribution in [0.4, 0.5) is 5.69 Å². The zero-order valence-electron chi connectivity index (χ0n) is 7.96. The number of benzene rings is 1. The fourth-order valence-corrected chi connectivity index (χ4v) is 1.40. The lowest BCUT2D eigenvalue weighted by Crippen LogP contribution is -2.32. The highest BCUT2D eigenvalue weighted by atomic mass is 35.5. The minimum atomic E-state index is -0.213. The molecule has 0 bridgehead atoms. The third kappa shape index (κ3) is 2.47. The Bertz CT molecular complexity index is 400. The van der Waals surface area contributed by atoms with Gasteiger partial charge < -0.3 is 10.6 Å². The number of carbonyl (C=O) groups is 1. The van der Waals surface area contributed by atoms with Crippen molar-refractivity contribution in [1.82, 2.24) is 5.32 Å². The normalized spacial score (nSPS) is 14.3. The number of rotatable bonds is 2. The van der Waals surface area contributed by atoms with E-state index in [2.05, 4.69) is 15.6 Å². The van der Waals surface area contributed by atoms with Crippen LogP contribution in [-0.4, -0.2) is 24.8 Å². The van der Waals surface area contributed by atoms with Gasteiger partial charge in [0.1, 0.15) is 0 Å². The molecule has 15 heavy (non-hydrogen) atoms. The van der Waals surface area contributed by atoms with Gasteiger partial charge in [0.25, 0.3) is 5.91 Å². The second kappa shape index (κ2) is 4.31. The van der Waals surface area contributed by atoms with E-state index in [1.165, 1.54) is 0 Å². The molecule has 4 nitrogen and oxygen atoms in total. The molecule has 0 saturated carbocycles. The van der Waals surface area contributed by atoms with Crippen LogP contribution in [0.25, 0.3) is 0 Å². The molecule has 1 aromatic rings. The summed E-state index contributed by atoms with van der Waals surface area (Å²) in [4.78, 5) is 15.6. The smallest absolute Gasteiger partial charge is 0.290 e. The van der Waals surface area contributed by atoms with Gasteiger partial charge in [0.05, 0.1) is 6.54 Å². The van der Waals surface area contributed by atoms with Gasteiger partial charge in [-0.05, 0) is 24.3 Å². The number of carbonyl (C=O) groups excluding carboxylic acids is 1. The molecule has 5 heteroatoms. The number of nitrogens with zero attached hydrogens (tertiary/aromatic N) is 1. The van der Waals surface area contributed by atoms with Gasteiger partial charge in [-0.1, -0.05) is 11.6 Å². The SMILES string of the molecule is O=C(Nc1ccc(Cl)cc1)C1=NCCN1. The number of amides is 1. The fraction of sp³-hybridized carbons (Fsp3) is 0.200. The Morgan fingerprint density at radius 1 is 1.40 bits per heavy atom. The molecule has 1 aliphatic heterocycles. The first-order valence-electron chi connectivity index (χ1n) is 4.61. The van der Waals surface area contributed by atoms with E-state index in [1.807, 2.05) is 0 Å². The Labute approximate surface area is 92.3 Å². The maximum atomic E-state index is 11.6. The lowest BCUT2D eigenvalue weighted by Gasteiger charge is -2.04. The summed E-state index contributed by atoms with van der Waals surface area (Å²) < 4.78 is 0. The van der Waals surface area contributed by atoms with Gasteiger partial charge in [0, 0.05) is 17.3 Å². The third-order valence-electron chi connectivity index (χ3n) is 1.99. The first-order chi connectivity index (χ1) is 7.25. The molecule has 0 atom stereocenters. The molecule has 2 rings (SSSR count). The molecule has 1 aliphatic rings. The van der Waals surface area contributed by atoms with Crippen molar-refractivity contribution in [3.63, 3.8) is 0 Å². The van der Waals surface area contributed by atoms with Gasteiger partial charge in [-0.3, -0.25) is 9.79 Å². The molecule has 1 aromatic carbocycles. The number of nitrogens with one attached hydrogen (secondary N) is 2. The topological polar surface area (TPSA) is 53.5 Å². The number of anilines is 1. The molecular weight excluding hydrogens is 214 g/mol. The largest absolute Gasteiger partial charge is 0.364 e. The molecule has 1 heterocycles. The Balaban J connectivity index is 2.02. The Hall–Kier alpha value is -1.55. The Morgan fingerprint density at radius 3 is 2.73 bits per heavy atom. The first-order valence-corrected chi connectivity index (χ1v) is 4.99. The van der Waals surface area contributed by atoms with E-state index in [1.54, 1.807) is 24.3 Å². The second-order valence-electron chi connectivity index (χ2n) is 3.12. The Kier molecular flexibility index (Phi) is 2.87. The molecule has 2 N–H and O–H groups in total. The van der Waals surface area contributed by atoms with Crippen LogP contribution < -0.4 is 10.6 Å². The number of hydrogen-bond donors (Lipinski definition) is 2. The van der Waals surface area contributed by atoms with E-state index in [0.29, 0.717) is 23.1 Å². The van der Waals surface area contributed by atoms with Gasteiger partial charge in [0.15, 0.2) is 5.84 Å². The molecule has 0 unspecified atom stereocenters. The lowest BCUT2D eigenvalue weighted by molar-refractivity contribution is -0.110. The van der Waals surface area contributed by atoms with Crippen molar-refractivity contribution in [1.29, 1.82) is 0 Å². The van der Waals surface area contributed by atoms with Gasteiger partial charge >= 0.3 is 0 Å². The van der Waals surface area contributed by atoms with Crippen LogP contribution in [0.5, 0.6) is 0 Å². The van der Waals surface area contributed by atoms with E-state index < -0.39 is 0 Å². The van der Waals surface area contributed by atoms with Crippen LogP contribution in [0.1, 0.15) is 0 Å². The van der Waals surface area contributed by atoms with E-state index in [0.717, 1.165) is 6.54 Å². The maximum absolute atomic E-state index is 11.6. The fourth-order valence-electron chi connectivity index (χ4n) is 1.27. The molecule has 78 valence electrons. The highest BCUT2D eigenvalue weighted by Gasteiger charge is 2.14. The minimum Gasteiger partial charge on any atom is -0.364 e. The summed E-state index contributed by atoms with van der Waals surface area (Å²) in [7, 11) is 0. The van der Waals surface area contributed by atoms with Gasteiger partial charge in [-0.25, -0.2) is 0 Å². The summed E-state index contributed by atoms with van der Waals surface area (Å²) in [5, 5.41) is 6.26. The van der Waals surface area contributed by atoms with E-state index in [-0.39, 0.29) is 5.91 Å². The molecule has 0 saturated heterocycles. The third-order valence-corrected chi connectivity index (χ3v) is 2.24. The highest BCUT2D eigenvalue weighted by molar-refractivity contribution is 6.42. The minimum absolute atomic E-state index is 0.213. The molecule has 1 amide bonds. The summed E-state index contributed by atoms with van der Waals surface area (Å²) in [5.41, 5.74) is 0.709. The predicted molar refractivity (Wildman–Crippen MR) is 60.4 cm³/mol. The number of hydrogen-bond acceptors (Lipinski definition) is 3. The standard InChI is InChI=1S/C10H10ClN3O/c11-7-1-3-8(4-2-7)14-10(15)9-12-5-6-13-9/h1-4H,5-6H2,(H,12,13)(H,14,15). The molecule has 0 radical (unpaired) electrons. The average molecular weight is 224 g/mol. The van der Waals surface area contributed by atoms with Crippen molar-refractivity contribution in [2.75, 3.05) is 18.4 Å². The van der Waals surface area contributed by atoms with Crippen molar-refractivity contribution < 1.29 is 4.79 Å². The van der Waals surface area contributed by atoms with Crippen molar-refractivity contribution in [3.8, 4) is 0 Å². The molecular formula is C10H10ClN3O. The summed E-state index contributed by atoms with van der Waals surface area (Å²) >= 11 is 5.73. The Morgan fingerprint density at radius 2 is 2.13 bits per heavy atom. The first kappa shape index (κ1) is 9.98. The van der Waals surface area contributed by atoms with Crippen molar-refractivity contribution >= 4 is 29.0 Å². The number of aliphatic imine (C=N–C) groups is 1. The zero-order chi connectivity index (χ0) is 10.7. The van der Waals surface area contributed by atoms with Crippen LogP contribution in [0, 0.1) is 0 Å². The quantitative estimate of drug-likeness (QED) is 0.794. The summed E-state index contributed by atoms with van der Waals surface area (Å²) in [6.07, 6.45) is 0. The predicted octanol–water partition coefficient (Wildman–Crippen LogP) is 1.28. The summed E-state index contributed by atoms with van der Waals surface area (Å²) in [5.74, 6) is 0.180. The summed E-state index contributed by atoms with van der Waals surface area (Å²) in [6, 6.07) is 6.94. The maximum Gasteiger partial charge on any atom is 0.290 e. The van der Waals surface area contributed by atoms with Crippen molar-refractivity contribution in [2.24, 2.45) is 4.99 Å². The molecule has 0 aliphatic carbocycles. The monoisotopic (exact) mass is 223 g/mol. The lowest BCUT2D eigenvalue weighted by atomic mass is 10.3. The molecule has 0 spiro atoms. The number of amidine groups is 1. The second-order valence-corrected chi connectivity index (χ2v) is 3.55. The van der Waals surface area contributed by atoms with E-state index in [4.69, 9.17) is 11.6 Å². The highest BCUT2D eigenvalue weighted by Crippen LogP contribution is 2.13. The van der Waals surface area contributed by atoms with E-state index >= 15 is 0 Å². The van der Waals surface area contributed by atoms with Gasteiger partial charge in [-0.15, -0.1) is 0 Å². The number of halogens is 1. The van der Waals surface area contributed by atoms with E-state index in [9.17, 15) is 4.79 Å². The van der Waals surface area contributed by atoms with Crippen LogP contribution in [0.15, 0.2) is 29.3 Å². The zero-order valence-corrected chi connectivity index (χ0v) is 8.71. The average Bonchev–Trinajstić information content (AvgIpc) is 2.74. The van der Waals surface area contributed by atoms with Crippen molar-refractivity contribution in [2.45, 2.75) is 0 Å². The van der Waals surface area contributed by atoms with Gasteiger partial charge in [-0.2, -0.15) is 0 Å². The van der Waals surface area contributed by atoms with Crippen molar-refractivity contribution in [3.05, 3.63) is 29.3 Å². The van der Waals surface area contributed by atoms with Crippen LogP contribution in [0.3, 0.4) is 0 Å². The van der Waals surface area contributed by atoms with Crippen LogP contribution in [-0.2, 0) is 4.79 Å². The molecule has 0 aromatic heterocycles. The van der Waals surface area contributed by atoms with Crippen LogP contribution >= 0.6 is 11.6 Å². The summed E-state index contributed by atoms with van der Waals surface area (Å²) in [6.45, 7) is 1.38. The van der Waals surface area contributed by atoms with Gasteiger partial charge in [0.2, 0.25) is 0 Å². The molecule has 0 fully saturated rings.